The zero-order valence-electron chi connectivity index (χ0n) is 18.8. The van der Waals surface area contributed by atoms with E-state index in [1.165, 1.54) is 35.2 Å². The van der Waals surface area contributed by atoms with Gasteiger partial charge in [0.25, 0.3) is 5.91 Å². The van der Waals surface area contributed by atoms with E-state index in [-0.39, 0.29) is 11.7 Å². The smallest absolute Gasteiger partial charge is 0.406 e. The molecule has 3 aromatic rings. The summed E-state index contributed by atoms with van der Waals surface area (Å²) in [5, 5.41) is 0. The van der Waals surface area contributed by atoms with Gasteiger partial charge in [-0.05, 0) is 71.6 Å². The van der Waals surface area contributed by atoms with E-state index >= 15 is 0 Å². The van der Waals surface area contributed by atoms with Crippen molar-refractivity contribution in [2.45, 2.75) is 57.5 Å². The largest absolute Gasteiger partial charge is 0.573 e. The lowest BCUT2D eigenvalue weighted by molar-refractivity contribution is -0.274. The highest BCUT2D eigenvalue weighted by Gasteiger charge is 2.34. The molecule has 1 heterocycles. The van der Waals surface area contributed by atoms with Crippen LogP contribution in [0.3, 0.4) is 0 Å². The molecule has 34 heavy (non-hydrogen) atoms. The Balaban J connectivity index is 1.34. The number of halogens is 3. The molecule has 6 heteroatoms. The summed E-state index contributed by atoms with van der Waals surface area (Å²) in [5.74, 6) is 0.192. The molecule has 0 atom stereocenters. The second-order valence-corrected chi connectivity index (χ2v) is 9.19. The number of aryl methyl sites for hydroxylation is 2. The molecule has 1 aliphatic heterocycles. The van der Waals surface area contributed by atoms with Crippen LogP contribution in [0.5, 0.6) is 5.75 Å². The monoisotopic (exact) mass is 465 g/mol. The van der Waals surface area contributed by atoms with Gasteiger partial charge in [0.15, 0.2) is 0 Å². The van der Waals surface area contributed by atoms with Crippen molar-refractivity contribution in [3.63, 3.8) is 0 Å². The minimum atomic E-state index is -4.72. The molecule has 1 amide bonds. The van der Waals surface area contributed by atoms with E-state index in [9.17, 15) is 18.0 Å². The number of carbonyl (C=O) groups excluding carboxylic acids is 1. The van der Waals surface area contributed by atoms with Gasteiger partial charge < -0.3 is 9.64 Å². The number of hydrogen-bond donors (Lipinski definition) is 0. The topological polar surface area (TPSA) is 29.5 Å². The molecule has 0 radical (unpaired) electrons. The van der Waals surface area contributed by atoms with Gasteiger partial charge in [-0.15, -0.1) is 13.2 Å². The summed E-state index contributed by atoms with van der Waals surface area (Å²) in [6, 6.07) is 20.5. The molecule has 1 fully saturated rings. The summed E-state index contributed by atoms with van der Waals surface area (Å²) in [6.07, 6.45) is 0.576. The molecule has 1 aliphatic carbocycles. The zero-order valence-corrected chi connectivity index (χ0v) is 18.8. The lowest BCUT2D eigenvalue weighted by atomic mass is 9.76. The first-order chi connectivity index (χ1) is 16.4. The highest BCUT2D eigenvalue weighted by atomic mass is 19.4. The van der Waals surface area contributed by atoms with Crippen molar-refractivity contribution < 1.29 is 22.7 Å². The molecule has 5 rings (SSSR count). The summed E-state index contributed by atoms with van der Waals surface area (Å²) >= 11 is 0. The Morgan fingerprint density at radius 3 is 2.24 bits per heavy atom. The Morgan fingerprint density at radius 1 is 0.882 bits per heavy atom. The molecule has 0 saturated heterocycles. The van der Waals surface area contributed by atoms with Crippen LogP contribution in [0.4, 0.5) is 13.2 Å². The van der Waals surface area contributed by atoms with Crippen LogP contribution in [0.1, 0.15) is 63.4 Å². The molecule has 0 bridgehead atoms. The van der Waals surface area contributed by atoms with Crippen LogP contribution in [0, 0.1) is 0 Å². The molecule has 1 saturated carbocycles. The highest BCUT2D eigenvalue weighted by Crippen LogP contribution is 2.42. The van der Waals surface area contributed by atoms with Crippen LogP contribution in [-0.4, -0.2) is 17.2 Å². The van der Waals surface area contributed by atoms with E-state index in [0.717, 1.165) is 42.4 Å². The third kappa shape index (κ3) is 4.96. The number of alkyl halides is 3. The molecule has 0 spiro atoms. The lowest BCUT2D eigenvalue weighted by Gasteiger charge is -2.28. The third-order valence-electron chi connectivity index (χ3n) is 6.79. The lowest BCUT2D eigenvalue weighted by Crippen LogP contribution is -2.24. The number of hydrogen-bond acceptors (Lipinski definition) is 2. The van der Waals surface area contributed by atoms with Gasteiger partial charge in [0.1, 0.15) is 5.75 Å². The summed E-state index contributed by atoms with van der Waals surface area (Å²) in [5.41, 5.74) is 6.40. The van der Waals surface area contributed by atoms with Gasteiger partial charge in [0.2, 0.25) is 0 Å². The molecule has 0 aromatic heterocycles. The van der Waals surface area contributed by atoms with Crippen LogP contribution in [0.25, 0.3) is 0 Å². The second-order valence-electron chi connectivity index (χ2n) is 9.19. The number of amides is 1. The van der Waals surface area contributed by atoms with Crippen molar-refractivity contribution in [3.8, 4) is 5.75 Å². The molecule has 3 nitrogen and oxygen atoms in total. The highest BCUT2D eigenvalue weighted by molar-refractivity contribution is 6.00. The number of benzene rings is 3. The standard InChI is InChI=1S/C28H26F3NO2/c29-28(30,31)34-24-13-11-20(12-14-24)17-32-18-23-15-21(10-9-19-5-2-1-3-6-19)16-25(22-7-4-8-22)26(23)27(32)33/h1-3,5-6,11-16,22H,4,7-10,17-18H2. The van der Waals surface area contributed by atoms with Crippen LogP contribution in [0.15, 0.2) is 66.7 Å². The fourth-order valence-electron chi connectivity index (χ4n) is 4.88. The molecular formula is C28H26F3NO2. The van der Waals surface area contributed by atoms with Gasteiger partial charge in [-0.25, -0.2) is 0 Å². The van der Waals surface area contributed by atoms with Gasteiger partial charge in [-0.3, -0.25) is 4.79 Å². The second kappa shape index (κ2) is 9.16. The molecule has 0 N–H and O–H groups in total. The SMILES string of the molecule is O=C1c2c(cc(CCc3ccccc3)cc2C2CCC2)CN1Cc1ccc(OC(F)(F)F)cc1. The van der Waals surface area contributed by atoms with Crippen molar-refractivity contribution >= 4 is 5.91 Å². The van der Waals surface area contributed by atoms with Crippen LogP contribution >= 0.6 is 0 Å². The summed E-state index contributed by atoms with van der Waals surface area (Å²) in [4.78, 5) is 15.1. The Labute approximate surface area is 197 Å². The molecule has 0 unspecified atom stereocenters. The summed E-state index contributed by atoms with van der Waals surface area (Å²) in [6.45, 7) is 0.872. The summed E-state index contributed by atoms with van der Waals surface area (Å²) < 4.78 is 41.2. The number of nitrogens with zero attached hydrogens (tertiary/aromatic N) is 1. The maximum absolute atomic E-state index is 13.4. The van der Waals surface area contributed by atoms with E-state index in [2.05, 4.69) is 41.1 Å². The van der Waals surface area contributed by atoms with Crippen molar-refractivity contribution in [1.29, 1.82) is 0 Å². The van der Waals surface area contributed by atoms with Crippen LogP contribution in [0.2, 0.25) is 0 Å². The van der Waals surface area contributed by atoms with Crippen molar-refractivity contribution in [3.05, 3.63) is 100 Å². The Kier molecular flexibility index (Phi) is 6.07. The third-order valence-corrected chi connectivity index (χ3v) is 6.79. The van der Waals surface area contributed by atoms with E-state index in [1.54, 1.807) is 17.0 Å². The first kappa shape index (κ1) is 22.5. The minimum Gasteiger partial charge on any atom is -0.406 e. The molecular weight excluding hydrogens is 439 g/mol. The Morgan fingerprint density at radius 2 is 1.59 bits per heavy atom. The first-order valence-electron chi connectivity index (χ1n) is 11.7. The maximum atomic E-state index is 13.4. The quantitative estimate of drug-likeness (QED) is 0.384. The molecule has 3 aromatic carbocycles. The predicted octanol–water partition coefficient (Wildman–Crippen LogP) is 6.79. The van der Waals surface area contributed by atoms with E-state index < -0.39 is 6.36 Å². The molecule has 2 aliphatic rings. The van der Waals surface area contributed by atoms with Crippen molar-refractivity contribution in [2.24, 2.45) is 0 Å². The number of fused-ring (bicyclic) bond motifs is 1. The van der Waals surface area contributed by atoms with Gasteiger partial charge in [-0.1, -0.05) is 61.0 Å². The fourth-order valence-corrected chi connectivity index (χ4v) is 4.88. The maximum Gasteiger partial charge on any atom is 0.573 e. The van der Waals surface area contributed by atoms with E-state index in [4.69, 9.17) is 0 Å². The van der Waals surface area contributed by atoms with Gasteiger partial charge in [0, 0.05) is 18.7 Å². The fraction of sp³-hybridized carbons (Fsp3) is 0.321. The van der Waals surface area contributed by atoms with E-state index in [0.29, 0.717) is 19.0 Å². The Bertz CT molecular complexity index is 1170. The predicted molar refractivity (Wildman–Crippen MR) is 124 cm³/mol. The molecule has 176 valence electrons. The van der Waals surface area contributed by atoms with Gasteiger partial charge >= 0.3 is 6.36 Å². The zero-order chi connectivity index (χ0) is 23.7. The number of rotatable bonds is 7. The summed E-state index contributed by atoms with van der Waals surface area (Å²) in [7, 11) is 0. The minimum absolute atomic E-state index is 0.0159. The number of ether oxygens (including phenoxy) is 1. The number of carbonyl (C=O) groups is 1. The van der Waals surface area contributed by atoms with Crippen molar-refractivity contribution in [1.82, 2.24) is 4.90 Å². The van der Waals surface area contributed by atoms with Gasteiger partial charge in [-0.2, -0.15) is 0 Å². The van der Waals surface area contributed by atoms with Crippen LogP contribution < -0.4 is 4.74 Å². The normalized spacial score (nSPS) is 15.9. The Hall–Kier alpha value is -3.28. The van der Waals surface area contributed by atoms with Crippen molar-refractivity contribution in [2.75, 3.05) is 0 Å². The van der Waals surface area contributed by atoms with E-state index in [1.807, 2.05) is 6.07 Å². The van der Waals surface area contributed by atoms with Gasteiger partial charge in [0.05, 0.1) is 0 Å². The van der Waals surface area contributed by atoms with Crippen LogP contribution in [-0.2, 0) is 25.9 Å². The average molecular weight is 466 g/mol. The average Bonchev–Trinajstić information content (AvgIpc) is 3.07. The first-order valence-corrected chi connectivity index (χ1v) is 11.7.